The molecule has 0 radical (unpaired) electrons. The van der Waals surface area contributed by atoms with Crippen LogP contribution in [-0.4, -0.2) is 23.4 Å². The predicted molar refractivity (Wildman–Crippen MR) is 115 cm³/mol. The van der Waals surface area contributed by atoms with Gasteiger partial charge < -0.3 is 14.8 Å². The van der Waals surface area contributed by atoms with Crippen LogP contribution in [0.25, 0.3) is 10.4 Å². The van der Waals surface area contributed by atoms with Crippen LogP contribution in [-0.2, 0) is 11.0 Å². The number of anilines is 2. The molecule has 0 aliphatic carbocycles. The fourth-order valence-corrected chi connectivity index (χ4v) is 4.67. The van der Waals surface area contributed by atoms with Crippen LogP contribution in [0.4, 0.5) is 10.8 Å². The Kier molecular flexibility index (Phi) is 6.04. The van der Waals surface area contributed by atoms with Gasteiger partial charge in [0.2, 0.25) is 0 Å². The fraction of sp³-hybridized carbons (Fsp3) is 0.211. The maximum Gasteiger partial charge on any atom is 0.183 e. The number of thiazole rings is 1. The van der Waals surface area contributed by atoms with Crippen LogP contribution in [0.1, 0.15) is 11.3 Å². The SMILES string of the molecule is CNc1nc(C)c(-c2ccc(OC)c(S(=O)Nc3ccc(C)c(Cl)c3)c2)s1. The summed E-state index contributed by atoms with van der Waals surface area (Å²) < 4.78 is 21.4. The number of nitrogens with one attached hydrogen (secondary N) is 2. The van der Waals surface area contributed by atoms with E-state index in [1.807, 2.05) is 51.2 Å². The largest absolute Gasteiger partial charge is 0.495 e. The van der Waals surface area contributed by atoms with Crippen molar-refractivity contribution < 1.29 is 8.95 Å². The molecule has 2 aromatic carbocycles. The van der Waals surface area contributed by atoms with E-state index in [2.05, 4.69) is 15.0 Å². The molecule has 1 unspecified atom stereocenters. The first kappa shape index (κ1) is 19.7. The lowest BCUT2D eigenvalue weighted by molar-refractivity contribution is 0.404. The molecule has 0 aliphatic rings. The van der Waals surface area contributed by atoms with E-state index in [-0.39, 0.29) is 0 Å². The molecule has 27 heavy (non-hydrogen) atoms. The maximum absolute atomic E-state index is 13.0. The number of rotatable bonds is 6. The maximum atomic E-state index is 13.0. The first-order valence-electron chi connectivity index (χ1n) is 8.21. The highest BCUT2D eigenvalue weighted by molar-refractivity contribution is 7.86. The lowest BCUT2D eigenvalue weighted by Gasteiger charge is -2.12. The second-order valence-corrected chi connectivity index (χ2v) is 8.47. The molecule has 1 atom stereocenters. The molecule has 0 fully saturated rings. The monoisotopic (exact) mass is 421 g/mol. The third-order valence-corrected chi connectivity index (χ3v) is 6.79. The molecule has 5 nitrogen and oxygen atoms in total. The number of hydrogen-bond acceptors (Lipinski definition) is 5. The van der Waals surface area contributed by atoms with Crippen LogP contribution in [0.5, 0.6) is 5.75 Å². The molecule has 1 aromatic heterocycles. The normalized spacial score (nSPS) is 11.9. The fourth-order valence-electron chi connectivity index (χ4n) is 2.55. The van der Waals surface area contributed by atoms with Gasteiger partial charge in [0.25, 0.3) is 0 Å². The average Bonchev–Trinajstić information content (AvgIpc) is 3.05. The zero-order valence-electron chi connectivity index (χ0n) is 15.4. The smallest absolute Gasteiger partial charge is 0.183 e. The Morgan fingerprint density at radius 2 is 1.96 bits per heavy atom. The van der Waals surface area contributed by atoms with Crippen molar-refractivity contribution >= 4 is 44.7 Å². The summed E-state index contributed by atoms with van der Waals surface area (Å²) in [5.74, 6) is 0.554. The number of methoxy groups -OCH3 is 1. The van der Waals surface area contributed by atoms with Crippen LogP contribution < -0.4 is 14.8 Å². The average molecular weight is 422 g/mol. The van der Waals surface area contributed by atoms with Gasteiger partial charge >= 0.3 is 0 Å². The Morgan fingerprint density at radius 3 is 2.59 bits per heavy atom. The van der Waals surface area contributed by atoms with E-state index < -0.39 is 11.0 Å². The molecular weight excluding hydrogens is 402 g/mol. The summed E-state index contributed by atoms with van der Waals surface area (Å²) in [6.07, 6.45) is 0. The van der Waals surface area contributed by atoms with Crippen LogP contribution >= 0.6 is 22.9 Å². The lowest BCUT2D eigenvalue weighted by Crippen LogP contribution is -2.06. The number of nitrogens with zero attached hydrogens (tertiary/aromatic N) is 1. The molecule has 8 heteroatoms. The first-order valence-corrected chi connectivity index (χ1v) is 10.6. The zero-order valence-corrected chi connectivity index (χ0v) is 17.8. The van der Waals surface area contributed by atoms with Crippen molar-refractivity contribution in [3.8, 4) is 16.2 Å². The minimum atomic E-state index is -1.51. The van der Waals surface area contributed by atoms with E-state index in [4.69, 9.17) is 16.3 Å². The molecule has 3 aromatic rings. The van der Waals surface area contributed by atoms with Crippen LogP contribution in [0.2, 0.25) is 5.02 Å². The van der Waals surface area contributed by atoms with Crippen molar-refractivity contribution in [1.29, 1.82) is 0 Å². The molecule has 0 bridgehead atoms. The molecule has 0 saturated carbocycles. The third kappa shape index (κ3) is 4.26. The van der Waals surface area contributed by atoms with E-state index in [0.717, 1.165) is 26.8 Å². The Hall–Kier alpha value is -2.09. The van der Waals surface area contributed by atoms with Crippen LogP contribution in [0, 0.1) is 13.8 Å². The molecule has 0 aliphatic heterocycles. The van der Waals surface area contributed by atoms with Gasteiger partial charge in [-0.25, -0.2) is 9.19 Å². The zero-order chi connectivity index (χ0) is 19.6. The summed E-state index contributed by atoms with van der Waals surface area (Å²) in [4.78, 5) is 6.07. The molecule has 0 amide bonds. The van der Waals surface area contributed by atoms with E-state index in [9.17, 15) is 4.21 Å². The summed E-state index contributed by atoms with van der Waals surface area (Å²) in [6, 6.07) is 11.1. The van der Waals surface area contributed by atoms with Gasteiger partial charge in [0, 0.05) is 17.8 Å². The molecule has 0 saturated heterocycles. The lowest BCUT2D eigenvalue weighted by atomic mass is 10.1. The van der Waals surface area contributed by atoms with Crippen LogP contribution in [0.3, 0.4) is 0 Å². The van der Waals surface area contributed by atoms with Crippen molar-refractivity contribution in [1.82, 2.24) is 4.98 Å². The van der Waals surface area contributed by atoms with Crippen molar-refractivity contribution in [3.63, 3.8) is 0 Å². The highest BCUT2D eigenvalue weighted by Gasteiger charge is 2.16. The summed E-state index contributed by atoms with van der Waals surface area (Å²) in [7, 11) is 1.89. The van der Waals surface area contributed by atoms with Gasteiger partial charge in [-0.3, -0.25) is 0 Å². The Morgan fingerprint density at radius 1 is 1.19 bits per heavy atom. The van der Waals surface area contributed by atoms with Crippen molar-refractivity contribution in [2.45, 2.75) is 18.7 Å². The van der Waals surface area contributed by atoms with Gasteiger partial charge in [-0.05, 0) is 55.3 Å². The van der Waals surface area contributed by atoms with Gasteiger partial charge in [-0.1, -0.05) is 29.0 Å². The standard InChI is InChI=1S/C19H20ClN3O2S2/c1-11-5-7-14(10-15(11)20)23-27(24)17-9-13(6-8-16(17)25-4)18-12(2)22-19(21-3)26-18/h5-10,23H,1-4H3,(H,21,22). The predicted octanol–water partition coefficient (Wildman–Crippen LogP) is 5.27. The quantitative estimate of drug-likeness (QED) is 0.569. The van der Waals surface area contributed by atoms with Gasteiger partial charge in [-0.15, -0.1) is 0 Å². The summed E-state index contributed by atoms with van der Waals surface area (Å²) >= 11 is 7.72. The van der Waals surface area contributed by atoms with E-state index in [1.165, 1.54) is 0 Å². The van der Waals surface area contributed by atoms with Crippen LogP contribution in [0.15, 0.2) is 41.3 Å². The second kappa shape index (κ2) is 8.29. The van der Waals surface area contributed by atoms with Gasteiger partial charge in [0.1, 0.15) is 10.6 Å². The second-order valence-electron chi connectivity index (χ2n) is 5.88. The van der Waals surface area contributed by atoms with Gasteiger partial charge in [0.15, 0.2) is 16.1 Å². The number of ether oxygens (including phenoxy) is 1. The van der Waals surface area contributed by atoms with E-state index in [0.29, 0.717) is 21.4 Å². The molecular formula is C19H20ClN3O2S2. The molecule has 3 rings (SSSR count). The Labute approximate surface area is 170 Å². The number of halogens is 1. The third-order valence-electron chi connectivity index (χ3n) is 4.02. The molecule has 1 heterocycles. The Bertz CT molecular complexity index is 1000. The summed E-state index contributed by atoms with van der Waals surface area (Å²) in [5, 5.41) is 4.52. The molecule has 2 N–H and O–H groups in total. The van der Waals surface area contributed by atoms with Crippen molar-refractivity contribution in [2.24, 2.45) is 0 Å². The molecule has 0 spiro atoms. The minimum absolute atomic E-state index is 0.554. The first-order chi connectivity index (χ1) is 12.9. The van der Waals surface area contributed by atoms with E-state index >= 15 is 0 Å². The van der Waals surface area contributed by atoms with Crippen molar-refractivity contribution in [3.05, 3.63) is 52.7 Å². The number of aromatic nitrogens is 1. The molecule has 142 valence electrons. The van der Waals surface area contributed by atoms with E-state index in [1.54, 1.807) is 24.5 Å². The topological polar surface area (TPSA) is 63.3 Å². The summed E-state index contributed by atoms with van der Waals surface area (Å²) in [5.41, 5.74) is 3.51. The van der Waals surface area contributed by atoms with Gasteiger partial charge in [-0.2, -0.15) is 0 Å². The van der Waals surface area contributed by atoms with Gasteiger partial charge in [0.05, 0.1) is 17.7 Å². The number of aryl methyl sites for hydroxylation is 2. The van der Waals surface area contributed by atoms with Crippen molar-refractivity contribution in [2.75, 3.05) is 24.2 Å². The number of benzene rings is 2. The highest BCUT2D eigenvalue weighted by Crippen LogP contribution is 2.36. The number of hydrogen-bond donors (Lipinski definition) is 2. The highest BCUT2D eigenvalue weighted by atomic mass is 35.5. The summed E-state index contributed by atoms with van der Waals surface area (Å²) in [6.45, 7) is 3.88. The Balaban J connectivity index is 1.96. The minimum Gasteiger partial charge on any atom is -0.495 e.